The van der Waals surface area contributed by atoms with Crippen LogP contribution in [-0.4, -0.2) is 40.7 Å². The molecule has 0 amide bonds. The zero-order chi connectivity index (χ0) is 13.2. The fraction of sp³-hybridized carbons (Fsp3) is 0.857. The predicted octanol–water partition coefficient (Wildman–Crippen LogP) is 1.57. The Bertz CT molecular complexity index is 306. The molecule has 1 heterocycles. The highest BCUT2D eigenvalue weighted by molar-refractivity contribution is 4.71. The molecule has 0 unspecified atom stereocenters. The van der Waals surface area contributed by atoms with Crippen LogP contribution in [0.3, 0.4) is 0 Å². The van der Waals surface area contributed by atoms with E-state index in [9.17, 15) is 0 Å². The van der Waals surface area contributed by atoms with E-state index < -0.39 is 0 Å². The van der Waals surface area contributed by atoms with Crippen molar-refractivity contribution in [2.24, 2.45) is 0 Å². The van der Waals surface area contributed by atoms with Gasteiger partial charge in [0.1, 0.15) is 0 Å². The Labute approximate surface area is 116 Å². The van der Waals surface area contributed by atoms with Crippen molar-refractivity contribution in [3.63, 3.8) is 0 Å². The third-order valence-corrected chi connectivity index (χ3v) is 3.78. The van der Waals surface area contributed by atoms with E-state index in [-0.39, 0.29) is 0 Å². The van der Waals surface area contributed by atoms with Gasteiger partial charge in [-0.3, -0.25) is 4.68 Å². The molecule has 5 nitrogen and oxygen atoms in total. The van der Waals surface area contributed by atoms with Gasteiger partial charge in [0.15, 0.2) is 0 Å². The SMILES string of the molecule is c1cn(CCCNCCCNC2CCCCC2)nn1. The monoisotopic (exact) mass is 265 g/mol. The second kappa shape index (κ2) is 9.04. The molecule has 1 aromatic rings. The molecule has 0 bridgehead atoms. The molecule has 2 rings (SSSR count). The van der Waals surface area contributed by atoms with Gasteiger partial charge < -0.3 is 10.6 Å². The van der Waals surface area contributed by atoms with Crippen LogP contribution in [0.25, 0.3) is 0 Å². The molecule has 0 aromatic carbocycles. The fourth-order valence-corrected chi connectivity index (χ4v) is 2.67. The smallest absolute Gasteiger partial charge is 0.0692 e. The molecule has 0 spiro atoms. The highest BCUT2D eigenvalue weighted by Gasteiger charge is 2.11. The van der Waals surface area contributed by atoms with Crippen molar-refractivity contribution in [1.82, 2.24) is 25.6 Å². The summed E-state index contributed by atoms with van der Waals surface area (Å²) in [6, 6.07) is 0.793. The van der Waals surface area contributed by atoms with Gasteiger partial charge >= 0.3 is 0 Å². The molecule has 19 heavy (non-hydrogen) atoms. The summed E-state index contributed by atoms with van der Waals surface area (Å²) in [5.41, 5.74) is 0. The quantitative estimate of drug-likeness (QED) is 0.666. The van der Waals surface area contributed by atoms with Gasteiger partial charge in [-0.2, -0.15) is 0 Å². The summed E-state index contributed by atoms with van der Waals surface area (Å²) in [7, 11) is 0. The van der Waals surface area contributed by atoms with Gasteiger partial charge in [-0.15, -0.1) is 5.10 Å². The zero-order valence-electron chi connectivity index (χ0n) is 11.9. The Morgan fingerprint density at radius 1 is 1.05 bits per heavy atom. The van der Waals surface area contributed by atoms with Crippen LogP contribution in [0, 0.1) is 0 Å². The summed E-state index contributed by atoms with van der Waals surface area (Å²) in [4.78, 5) is 0. The van der Waals surface area contributed by atoms with Crippen molar-refractivity contribution in [1.29, 1.82) is 0 Å². The van der Waals surface area contributed by atoms with Crippen LogP contribution >= 0.6 is 0 Å². The van der Waals surface area contributed by atoms with Gasteiger partial charge in [0.25, 0.3) is 0 Å². The maximum Gasteiger partial charge on any atom is 0.0692 e. The zero-order valence-corrected chi connectivity index (χ0v) is 11.9. The summed E-state index contributed by atoms with van der Waals surface area (Å²) in [5, 5.41) is 14.9. The minimum Gasteiger partial charge on any atom is -0.317 e. The molecule has 1 fully saturated rings. The van der Waals surface area contributed by atoms with Gasteiger partial charge in [-0.25, -0.2) is 0 Å². The van der Waals surface area contributed by atoms with E-state index in [1.165, 1.54) is 38.5 Å². The average molecular weight is 265 g/mol. The maximum absolute atomic E-state index is 3.94. The summed E-state index contributed by atoms with van der Waals surface area (Å²) in [5.74, 6) is 0. The van der Waals surface area contributed by atoms with Crippen molar-refractivity contribution in [3.05, 3.63) is 12.4 Å². The van der Waals surface area contributed by atoms with Gasteiger partial charge in [-0.1, -0.05) is 24.5 Å². The molecular weight excluding hydrogens is 238 g/mol. The maximum atomic E-state index is 3.94. The van der Waals surface area contributed by atoms with Gasteiger partial charge in [0.05, 0.1) is 6.20 Å². The normalized spacial score (nSPS) is 16.8. The first-order valence-corrected chi connectivity index (χ1v) is 7.73. The van der Waals surface area contributed by atoms with E-state index in [1.807, 2.05) is 10.9 Å². The Balaban J connectivity index is 1.36. The minimum absolute atomic E-state index is 0.793. The first-order valence-electron chi connectivity index (χ1n) is 7.73. The van der Waals surface area contributed by atoms with Crippen LogP contribution in [0.15, 0.2) is 12.4 Å². The van der Waals surface area contributed by atoms with Crippen molar-refractivity contribution in [2.75, 3.05) is 19.6 Å². The third kappa shape index (κ3) is 6.16. The van der Waals surface area contributed by atoms with Gasteiger partial charge in [0, 0.05) is 18.8 Å². The Morgan fingerprint density at radius 2 is 1.89 bits per heavy atom. The van der Waals surface area contributed by atoms with Crippen molar-refractivity contribution >= 4 is 0 Å². The fourth-order valence-electron chi connectivity index (χ4n) is 2.67. The number of hydrogen-bond donors (Lipinski definition) is 2. The number of aromatic nitrogens is 3. The van der Waals surface area contributed by atoms with Gasteiger partial charge in [0.2, 0.25) is 0 Å². The Hall–Kier alpha value is -0.940. The molecule has 1 aromatic heterocycles. The number of aryl methyl sites for hydroxylation is 1. The van der Waals surface area contributed by atoms with Crippen LogP contribution in [0.2, 0.25) is 0 Å². The molecule has 0 saturated heterocycles. The summed E-state index contributed by atoms with van der Waals surface area (Å²) < 4.78 is 1.88. The second-order valence-corrected chi connectivity index (χ2v) is 5.41. The average Bonchev–Trinajstić information content (AvgIpc) is 2.96. The Kier molecular flexibility index (Phi) is 6.89. The van der Waals surface area contributed by atoms with Crippen LogP contribution in [-0.2, 0) is 6.54 Å². The largest absolute Gasteiger partial charge is 0.317 e. The molecule has 2 N–H and O–H groups in total. The molecule has 1 aliphatic carbocycles. The molecule has 0 atom stereocenters. The first kappa shape index (κ1) is 14.5. The lowest BCUT2D eigenvalue weighted by atomic mass is 9.95. The molecule has 0 radical (unpaired) electrons. The lowest BCUT2D eigenvalue weighted by Crippen LogP contribution is -2.33. The highest BCUT2D eigenvalue weighted by Crippen LogP contribution is 2.16. The molecule has 5 heteroatoms. The van der Waals surface area contributed by atoms with Crippen molar-refractivity contribution < 1.29 is 0 Å². The minimum atomic E-state index is 0.793. The second-order valence-electron chi connectivity index (χ2n) is 5.41. The van der Waals surface area contributed by atoms with E-state index in [1.54, 1.807) is 6.20 Å². The first-order chi connectivity index (χ1) is 9.45. The molecule has 1 aliphatic rings. The topological polar surface area (TPSA) is 54.8 Å². The molecular formula is C14H27N5. The number of nitrogens with one attached hydrogen (secondary N) is 2. The van der Waals surface area contributed by atoms with Crippen LogP contribution in [0.5, 0.6) is 0 Å². The van der Waals surface area contributed by atoms with E-state index in [4.69, 9.17) is 0 Å². The number of nitrogens with zero attached hydrogens (tertiary/aromatic N) is 3. The van der Waals surface area contributed by atoms with Crippen LogP contribution in [0.1, 0.15) is 44.9 Å². The lowest BCUT2D eigenvalue weighted by molar-refractivity contribution is 0.371. The van der Waals surface area contributed by atoms with E-state index in [0.29, 0.717) is 0 Å². The Morgan fingerprint density at radius 3 is 2.68 bits per heavy atom. The van der Waals surface area contributed by atoms with E-state index in [2.05, 4.69) is 20.9 Å². The van der Waals surface area contributed by atoms with Gasteiger partial charge in [-0.05, 0) is 45.3 Å². The molecule has 108 valence electrons. The number of rotatable bonds is 9. The summed E-state index contributed by atoms with van der Waals surface area (Å²) >= 11 is 0. The highest BCUT2D eigenvalue weighted by atomic mass is 15.4. The van der Waals surface area contributed by atoms with E-state index in [0.717, 1.165) is 38.6 Å². The molecule has 1 saturated carbocycles. The van der Waals surface area contributed by atoms with E-state index >= 15 is 0 Å². The predicted molar refractivity (Wildman–Crippen MR) is 77.0 cm³/mol. The number of hydrogen-bond acceptors (Lipinski definition) is 4. The van der Waals surface area contributed by atoms with Crippen molar-refractivity contribution in [2.45, 2.75) is 57.5 Å². The summed E-state index contributed by atoms with van der Waals surface area (Å²) in [6.45, 7) is 4.27. The van der Waals surface area contributed by atoms with Crippen LogP contribution < -0.4 is 10.6 Å². The van der Waals surface area contributed by atoms with Crippen molar-refractivity contribution in [3.8, 4) is 0 Å². The lowest BCUT2D eigenvalue weighted by Gasteiger charge is -2.22. The third-order valence-electron chi connectivity index (χ3n) is 3.78. The standard InChI is InChI=1S/C14H27N5/c1-2-6-14(7-3-1)16-10-4-8-15-9-5-12-19-13-11-17-18-19/h11,13-16H,1-10,12H2. The van der Waals surface area contributed by atoms with Crippen LogP contribution in [0.4, 0.5) is 0 Å². The molecule has 0 aliphatic heterocycles. The summed E-state index contributed by atoms with van der Waals surface area (Å²) in [6.07, 6.45) is 13.0.